The van der Waals surface area contributed by atoms with Crippen molar-refractivity contribution < 1.29 is 28.7 Å². The lowest BCUT2D eigenvalue weighted by atomic mass is 10.2. The average molecular weight is 363 g/mol. The summed E-state index contributed by atoms with van der Waals surface area (Å²) in [6.07, 6.45) is 3.22. The number of nitrogens with zero attached hydrogens (tertiary/aromatic N) is 2. The molecule has 140 valence electrons. The zero-order chi connectivity index (χ0) is 19.3. The lowest BCUT2D eigenvalue weighted by Gasteiger charge is -2.28. The Morgan fingerprint density at radius 2 is 2.12 bits per heavy atom. The van der Waals surface area contributed by atoms with Gasteiger partial charge in [-0.1, -0.05) is 0 Å². The first kappa shape index (κ1) is 19.4. The van der Waals surface area contributed by atoms with Gasteiger partial charge in [0.1, 0.15) is 6.04 Å². The van der Waals surface area contributed by atoms with E-state index in [1.54, 1.807) is 13.8 Å². The molecule has 2 rings (SSSR count). The summed E-state index contributed by atoms with van der Waals surface area (Å²) >= 11 is 0. The topological polar surface area (TPSA) is 115 Å². The lowest BCUT2D eigenvalue weighted by Crippen LogP contribution is -2.46. The van der Waals surface area contributed by atoms with Crippen molar-refractivity contribution in [2.75, 3.05) is 11.9 Å². The van der Waals surface area contributed by atoms with Gasteiger partial charge in [0.15, 0.2) is 11.4 Å². The van der Waals surface area contributed by atoms with E-state index >= 15 is 0 Å². The van der Waals surface area contributed by atoms with Crippen molar-refractivity contribution in [2.24, 2.45) is 0 Å². The third-order valence-electron chi connectivity index (χ3n) is 3.79. The highest BCUT2D eigenvalue weighted by Gasteiger charge is 2.41. The van der Waals surface area contributed by atoms with Crippen LogP contribution in [-0.2, 0) is 19.1 Å². The standard InChI is InChI=1S/C17H21N3O6/c1-4-25-17(24)10(2)20(12-5-6-12)16(23)14-15(26-11(3)22)13(19-9-21)7-8-18-14/h7-10,12H,4-6H2,1-3H3,(H,18,19,21). The molecule has 0 saturated heterocycles. The minimum Gasteiger partial charge on any atom is -0.464 e. The van der Waals surface area contributed by atoms with Crippen molar-refractivity contribution >= 4 is 29.9 Å². The van der Waals surface area contributed by atoms with Gasteiger partial charge in [-0.25, -0.2) is 9.78 Å². The van der Waals surface area contributed by atoms with E-state index in [1.807, 2.05) is 0 Å². The summed E-state index contributed by atoms with van der Waals surface area (Å²) < 4.78 is 10.1. The van der Waals surface area contributed by atoms with Crippen molar-refractivity contribution in [3.8, 4) is 5.75 Å². The van der Waals surface area contributed by atoms with Crippen LogP contribution in [-0.4, -0.2) is 52.8 Å². The van der Waals surface area contributed by atoms with E-state index in [0.29, 0.717) is 6.41 Å². The quantitative estimate of drug-likeness (QED) is 0.544. The number of rotatable bonds is 8. The number of hydrogen-bond donors (Lipinski definition) is 1. The number of aromatic nitrogens is 1. The largest absolute Gasteiger partial charge is 0.464 e. The number of esters is 2. The molecule has 0 spiro atoms. The number of pyridine rings is 1. The fourth-order valence-corrected chi connectivity index (χ4v) is 2.53. The number of nitrogens with one attached hydrogen (secondary N) is 1. The SMILES string of the molecule is CCOC(=O)C(C)N(C(=O)c1nccc(NC=O)c1OC(C)=O)C1CC1. The summed E-state index contributed by atoms with van der Waals surface area (Å²) in [5.41, 5.74) is -0.0248. The molecule has 1 fully saturated rings. The molecule has 1 unspecified atom stereocenters. The maximum atomic E-state index is 13.1. The van der Waals surface area contributed by atoms with Crippen LogP contribution in [0.5, 0.6) is 5.75 Å². The van der Waals surface area contributed by atoms with Crippen LogP contribution < -0.4 is 10.1 Å². The van der Waals surface area contributed by atoms with Gasteiger partial charge < -0.3 is 19.7 Å². The van der Waals surface area contributed by atoms with Gasteiger partial charge in [0.2, 0.25) is 6.41 Å². The Bertz CT molecular complexity index is 716. The third-order valence-corrected chi connectivity index (χ3v) is 3.79. The minimum absolute atomic E-state index is 0.114. The average Bonchev–Trinajstić information content (AvgIpc) is 3.41. The molecule has 0 bridgehead atoms. The van der Waals surface area contributed by atoms with Crippen LogP contribution >= 0.6 is 0 Å². The predicted octanol–water partition coefficient (Wildman–Crippen LogP) is 1.13. The van der Waals surface area contributed by atoms with E-state index in [2.05, 4.69) is 10.3 Å². The first-order valence-corrected chi connectivity index (χ1v) is 8.27. The van der Waals surface area contributed by atoms with Crippen molar-refractivity contribution in [2.45, 2.75) is 45.7 Å². The smallest absolute Gasteiger partial charge is 0.328 e. The molecule has 9 heteroatoms. The monoisotopic (exact) mass is 363 g/mol. The van der Waals surface area contributed by atoms with Gasteiger partial charge in [-0.3, -0.25) is 14.4 Å². The zero-order valence-electron chi connectivity index (χ0n) is 14.9. The van der Waals surface area contributed by atoms with Gasteiger partial charge in [0, 0.05) is 19.2 Å². The fourth-order valence-electron chi connectivity index (χ4n) is 2.53. The molecule has 1 aromatic rings. The first-order chi connectivity index (χ1) is 12.4. The molecule has 0 aliphatic heterocycles. The van der Waals surface area contributed by atoms with Gasteiger partial charge in [0.05, 0.1) is 12.3 Å². The molecule has 0 radical (unpaired) electrons. The molecule has 1 heterocycles. The Morgan fingerprint density at radius 1 is 1.42 bits per heavy atom. The van der Waals surface area contributed by atoms with Crippen molar-refractivity contribution in [3.63, 3.8) is 0 Å². The van der Waals surface area contributed by atoms with Crippen LogP contribution in [0.2, 0.25) is 0 Å². The molecule has 2 amide bonds. The number of amides is 2. The van der Waals surface area contributed by atoms with E-state index in [4.69, 9.17) is 9.47 Å². The van der Waals surface area contributed by atoms with Gasteiger partial charge in [-0.15, -0.1) is 0 Å². The molecule has 1 aliphatic carbocycles. The predicted molar refractivity (Wildman–Crippen MR) is 90.5 cm³/mol. The summed E-state index contributed by atoms with van der Waals surface area (Å²) in [4.78, 5) is 52.8. The van der Waals surface area contributed by atoms with Crippen molar-refractivity contribution in [1.82, 2.24) is 9.88 Å². The Morgan fingerprint density at radius 3 is 2.65 bits per heavy atom. The van der Waals surface area contributed by atoms with Crippen molar-refractivity contribution in [1.29, 1.82) is 0 Å². The van der Waals surface area contributed by atoms with Gasteiger partial charge in [-0.2, -0.15) is 0 Å². The molecule has 1 aliphatic rings. The Kier molecular flexibility index (Phi) is 6.26. The van der Waals surface area contributed by atoms with E-state index in [-0.39, 0.29) is 29.8 Å². The summed E-state index contributed by atoms with van der Waals surface area (Å²) in [7, 11) is 0. The molecule has 26 heavy (non-hydrogen) atoms. The zero-order valence-corrected chi connectivity index (χ0v) is 14.9. The highest BCUT2D eigenvalue weighted by Crippen LogP contribution is 2.34. The van der Waals surface area contributed by atoms with Crippen LogP contribution in [0, 0.1) is 0 Å². The fraction of sp³-hybridized carbons (Fsp3) is 0.471. The number of carbonyl (C=O) groups excluding carboxylic acids is 4. The molecule has 1 aromatic heterocycles. The normalized spacial score (nSPS) is 14.1. The van der Waals surface area contributed by atoms with Crippen LogP contribution in [0.1, 0.15) is 44.1 Å². The molecule has 0 aromatic carbocycles. The molecule has 1 N–H and O–H groups in total. The Hall–Kier alpha value is -2.97. The van der Waals surface area contributed by atoms with E-state index < -0.39 is 23.9 Å². The summed E-state index contributed by atoms with van der Waals surface area (Å²) in [5.74, 6) is -1.92. The maximum Gasteiger partial charge on any atom is 0.328 e. The van der Waals surface area contributed by atoms with E-state index in [0.717, 1.165) is 12.8 Å². The summed E-state index contributed by atoms with van der Waals surface area (Å²) in [6, 6.07) is 0.473. The Labute approximate surface area is 150 Å². The first-order valence-electron chi connectivity index (χ1n) is 8.27. The maximum absolute atomic E-state index is 13.1. The molecule has 9 nitrogen and oxygen atoms in total. The number of carbonyl (C=O) groups is 4. The Balaban J connectivity index is 2.42. The van der Waals surface area contributed by atoms with Crippen molar-refractivity contribution in [3.05, 3.63) is 18.0 Å². The number of hydrogen-bond acceptors (Lipinski definition) is 7. The highest BCUT2D eigenvalue weighted by molar-refractivity contribution is 6.00. The molecule has 1 saturated carbocycles. The second kappa shape index (κ2) is 8.41. The van der Waals surface area contributed by atoms with Crippen LogP contribution in [0.15, 0.2) is 12.3 Å². The van der Waals surface area contributed by atoms with Gasteiger partial charge >= 0.3 is 11.9 Å². The third kappa shape index (κ3) is 4.35. The minimum atomic E-state index is -0.815. The molecular formula is C17H21N3O6. The lowest BCUT2D eigenvalue weighted by molar-refractivity contribution is -0.148. The molecule has 1 atom stereocenters. The number of anilines is 1. The highest BCUT2D eigenvalue weighted by atomic mass is 16.5. The second-order valence-corrected chi connectivity index (χ2v) is 5.76. The van der Waals surface area contributed by atoms with E-state index in [9.17, 15) is 19.2 Å². The second-order valence-electron chi connectivity index (χ2n) is 5.76. The van der Waals surface area contributed by atoms with Crippen LogP contribution in [0.25, 0.3) is 0 Å². The van der Waals surface area contributed by atoms with Gasteiger partial charge in [0.25, 0.3) is 5.91 Å². The van der Waals surface area contributed by atoms with Crippen LogP contribution in [0.4, 0.5) is 5.69 Å². The number of ether oxygens (including phenoxy) is 2. The summed E-state index contributed by atoms with van der Waals surface area (Å²) in [6.45, 7) is 4.63. The molecular weight excluding hydrogens is 342 g/mol. The van der Waals surface area contributed by atoms with Crippen LogP contribution in [0.3, 0.4) is 0 Å². The summed E-state index contributed by atoms with van der Waals surface area (Å²) in [5, 5.41) is 2.37. The van der Waals surface area contributed by atoms with E-state index in [1.165, 1.54) is 24.1 Å². The van der Waals surface area contributed by atoms with Gasteiger partial charge in [-0.05, 0) is 32.8 Å².